The van der Waals surface area contributed by atoms with Crippen molar-refractivity contribution >= 4 is 89.1 Å². The van der Waals surface area contributed by atoms with Gasteiger partial charge in [0.1, 0.15) is 42.3 Å². The fraction of sp³-hybridized carbons (Fsp3) is 0.489. The number of aliphatic imine (C=N–C) groups is 1. The van der Waals surface area contributed by atoms with Crippen molar-refractivity contribution in [3.63, 3.8) is 0 Å². The Morgan fingerprint density at radius 2 is 1.07 bits per heavy atom. The maximum atomic E-state index is 13.7. The molecule has 0 aromatic heterocycles. The number of nitrogens with one attached hydrogen (secondary N) is 9. The Labute approximate surface area is 427 Å². The third-order valence-electron chi connectivity index (χ3n) is 11.3. The Morgan fingerprint density at radius 1 is 0.575 bits per heavy atom. The molecule has 0 unspecified atom stereocenters. The lowest BCUT2D eigenvalue weighted by Crippen LogP contribution is -2.59. The maximum Gasteiger partial charge on any atom is 0.325 e. The number of carboxylic acids is 1. The molecule has 398 valence electrons. The third-order valence-corrected chi connectivity index (χ3v) is 11.6. The number of anilines is 1. The Bertz CT molecular complexity index is 2400. The van der Waals surface area contributed by atoms with E-state index in [1.165, 1.54) is 27.7 Å². The number of thiol groups is 1. The summed E-state index contributed by atoms with van der Waals surface area (Å²) in [7, 11) is 0. The molecule has 26 heteroatoms. The van der Waals surface area contributed by atoms with Crippen molar-refractivity contribution in [3.05, 3.63) is 64.7 Å². The highest BCUT2D eigenvalue weighted by molar-refractivity contribution is 7.80. The van der Waals surface area contributed by atoms with E-state index in [0.29, 0.717) is 29.7 Å². The molecule has 7 atom stereocenters. The number of fused-ring (bicyclic) bond motifs is 2. The minimum absolute atomic E-state index is 0.0344. The second-order valence-corrected chi connectivity index (χ2v) is 17.5. The standard InChI is InChI=1S/C47H67N13O12S/c1-24(54-36(62)18-17-35(61)52-22-21-51-31-15-9-13-30-37(31)39(64)29-12-6-5-11-28(29)38(30)63)40(65)55-26(3)42(67)58-32(14-7-8-19-48)44(69)60-34(23-73)45(70)59-33(16-10-20-53-47(49)50)43(68)56-25(2)41(66)57-27(4)46(71)72/h5-6,9,11-13,15,24-27,32-34,51,73H,7-8,10,14,16-23,48H2,1-4H3,(H,52,61)(H,54,62)(H,55,65)(H,56,68)(H,57,66)(H,58,67)(H,59,70)(H,60,69)(H,71,72)(H4,49,50,53)/t24-,25-,26-,27-,32-,33-,34-/m0/s1. The summed E-state index contributed by atoms with van der Waals surface area (Å²) in [5.74, 6) is -8.25. The summed E-state index contributed by atoms with van der Waals surface area (Å²) in [6, 6.07) is 2.74. The molecule has 0 fully saturated rings. The summed E-state index contributed by atoms with van der Waals surface area (Å²) in [5.41, 5.74) is 18.0. The first-order valence-corrected chi connectivity index (χ1v) is 24.3. The van der Waals surface area contributed by atoms with Crippen LogP contribution in [0.15, 0.2) is 47.5 Å². The van der Waals surface area contributed by atoms with Gasteiger partial charge in [-0.15, -0.1) is 0 Å². The van der Waals surface area contributed by atoms with Gasteiger partial charge in [0, 0.05) is 60.6 Å². The molecule has 1 aliphatic rings. The Kier molecular flexibility index (Phi) is 24.3. The van der Waals surface area contributed by atoms with Gasteiger partial charge in [-0.05, 0) is 72.4 Å². The van der Waals surface area contributed by atoms with Crippen molar-refractivity contribution in [1.82, 2.24) is 42.5 Å². The van der Waals surface area contributed by atoms with Gasteiger partial charge < -0.3 is 70.2 Å². The topological polar surface area (TPSA) is 407 Å². The average Bonchev–Trinajstić information content (AvgIpc) is 3.35. The molecule has 1 aliphatic carbocycles. The van der Waals surface area contributed by atoms with E-state index in [0.717, 1.165) is 0 Å². The van der Waals surface area contributed by atoms with Crippen LogP contribution in [0, 0.1) is 0 Å². The zero-order valence-electron chi connectivity index (χ0n) is 41.1. The molecule has 0 saturated carbocycles. The van der Waals surface area contributed by atoms with Gasteiger partial charge in [0.15, 0.2) is 17.5 Å². The van der Waals surface area contributed by atoms with Crippen LogP contribution in [0.2, 0.25) is 0 Å². The van der Waals surface area contributed by atoms with Crippen LogP contribution in [0.4, 0.5) is 5.69 Å². The van der Waals surface area contributed by atoms with Crippen molar-refractivity contribution in [3.8, 4) is 0 Å². The fourth-order valence-electron chi connectivity index (χ4n) is 7.14. The van der Waals surface area contributed by atoms with Gasteiger partial charge in [-0.25, -0.2) is 0 Å². The first kappa shape index (κ1) is 59.7. The monoisotopic (exact) mass is 1040 g/mol. The summed E-state index contributed by atoms with van der Waals surface area (Å²) in [5, 5.41) is 32.1. The number of amides is 8. The number of aliphatic carboxylic acids is 1. The molecule has 0 spiro atoms. The molecule has 2 aromatic rings. The van der Waals surface area contributed by atoms with E-state index in [2.05, 4.69) is 65.5 Å². The highest BCUT2D eigenvalue weighted by atomic mass is 32.1. The van der Waals surface area contributed by atoms with Crippen LogP contribution >= 0.6 is 12.6 Å². The number of carbonyl (C=O) groups excluding carboxylic acids is 10. The summed E-state index contributed by atoms with van der Waals surface area (Å²) in [6.07, 6.45) is 0.562. The normalized spacial score (nSPS) is 14.3. The number of carbonyl (C=O) groups is 11. The minimum Gasteiger partial charge on any atom is -0.480 e. The van der Waals surface area contributed by atoms with Gasteiger partial charge in [0.05, 0.1) is 5.56 Å². The van der Waals surface area contributed by atoms with Crippen molar-refractivity contribution in [2.45, 2.75) is 115 Å². The van der Waals surface area contributed by atoms with Crippen molar-refractivity contribution < 1.29 is 57.8 Å². The number of nitrogens with two attached hydrogens (primary N) is 3. The van der Waals surface area contributed by atoms with Gasteiger partial charge in [0.2, 0.25) is 47.3 Å². The molecule has 0 aliphatic heterocycles. The lowest BCUT2D eigenvalue weighted by atomic mass is 9.83. The van der Waals surface area contributed by atoms with E-state index in [9.17, 15) is 52.7 Å². The Morgan fingerprint density at radius 3 is 1.67 bits per heavy atom. The lowest BCUT2D eigenvalue weighted by Gasteiger charge is -2.26. The second-order valence-electron chi connectivity index (χ2n) is 17.1. The van der Waals surface area contributed by atoms with Crippen molar-refractivity contribution in [2.24, 2.45) is 22.2 Å². The summed E-state index contributed by atoms with van der Waals surface area (Å²) < 4.78 is 0. The summed E-state index contributed by atoms with van der Waals surface area (Å²) >= 11 is 4.21. The van der Waals surface area contributed by atoms with E-state index in [-0.39, 0.29) is 92.7 Å². The second kappa shape index (κ2) is 29.7. The molecule has 8 amide bonds. The van der Waals surface area contributed by atoms with Crippen molar-refractivity contribution in [2.75, 3.05) is 37.2 Å². The van der Waals surface area contributed by atoms with Crippen LogP contribution in [0.25, 0.3) is 0 Å². The van der Waals surface area contributed by atoms with Gasteiger partial charge in [-0.3, -0.25) is 57.7 Å². The zero-order chi connectivity index (χ0) is 54.4. The van der Waals surface area contributed by atoms with Crippen LogP contribution in [0.1, 0.15) is 104 Å². The molecule has 2 aromatic carbocycles. The number of hydrogen-bond acceptors (Lipinski definition) is 15. The van der Waals surface area contributed by atoms with Crippen LogP contribution < -0.4 is 65.1 Å². The number of ketones is 2. The number of rotatable bonds is 30. The Balaban J connectivity index is 1.51. The number of unbranched alkanes of at least 4 members (excludes halogenated alkanes) is 1. The molecule has 0 saturated heterocycles. The summed E-state index contributed by atoms with van der Waals surface area (Å²) in [4.78, 5) is 146. The molecule has 25 nitrogen and oxygen atoms in total. The highest BCUT2D eigenvalue weighted by Crippen LogP contribution is 2.31. The largest absolute Gasteiger partial charge is 0.480 e. The molecular formula is C47H67N13O12S. The maximum absolute atomic E-state index is 13.7. The highest BCUT2D eigenvalue weighted by Gasteiger charge is 2.33. The molecule has 73 heavy (non-hydrogen) atoms. The smallest absolute Gasteiger partial charge is 0.325 e. The first-order valence-electron chi connectivity index (χ1n) is 23.6. The number of nitrogens with zero attached hydrogens (tertiary/aromatic N) is 1. The van der Waals surface area contributed by atoms with Gasteiger partial charge >= 0.3 is 5.97 Å². The molecule has 0 bridgehead atoms. The quantitative estimate of drug-likeness (QED) is 0.0141. The lowest BCUT2D eigenvalue weighted by molar-refractivity contribution is -0.141. The third kappa shape index (κ3) is 18.8. The zero-order valence-corrected chi connectivity index (χ0v) is 42.0. The SMILES string of the molecule is C[C@H](NC(=O)[C@H](C)NC(=O)[C@H](CCCN=C(N)N)NC(=O)[C@H](CS)NC(=O)[C@H](CCCCN)NC(=O)[C@H](C)NC(=O)[C@H](C)NC(=O)CCC(=O)NCCNc1cccc2c1C(=O)c1ccccc1C2=O)C(=O)O. The van der Waals surface area contributed by atoms with E-state index in [4.69, 9.17) is 22.3 Å². The molecule has 0 radical (unpaired) electrons. The van der Waals surface area contributed by atoms with Crippen LogP contribution in [-0.4, -0.2) is 150 Å². The predicted octanol–water partition coefficient (Wildman–Crippen LogP) is -2.56. The number of benzene rings is 2. The predicted molar refractivity (Wildman–Crippen MR) is 271 cm³/mol. The molecule has 3 rings (SSSR count). The summed E-state index contributed by atoms with van der Waals surface area (Å²) in [6.45, 7) is 5.93. The van der Waals surface area contributed by atoms with E-state index >= 15 is 0 Å². The number of carboxylic acid groups (broad SMARTS) is 1. The average molecular weight is 1040 g/mol. The fourth-order valence-corrected chi connectivity index (χ4v) is 7.40. The van der Waals surface area contributed by atoms with Crippen LogP contribution in [0.3, 0.4) is 0 Å². The van der Waals surface area contributed by atoms with Gasteiger partial charge in [-0.2, -0.15) is 12.6 Å². The van der Waals surface area contributed by atoms with E-state index in [1.807, 2.05) is 0 Å². The van der Waals surface area contributed by atoms with E-state index < -0.39 is 95.5 Å². The molecule has 16 N–H and O–H groups in total. The Hall–Kier alpha value is -7.61. The minimum atomic E-state index is -1.36. The van der Waals surface area contributed by atoms with Crippen LogP contribution in [0.5, 0.6) is 0 Å². The molecular weight excluding hydrogens is 971 g/mol. The number of guanidine groups is 1. The first-order chi connectivity index (χ1) is 34.6. The van der Waals surface area contributed by atoms with Gasteiger partial charge in [0.25, 0.3) is 0 Å². The van der Waals surface area contributed by atoms with Crippen molar-refractivity contribution in [1.29, 1.82) is 0 Å². The van der Waals surface area contributed by atoms with Gasteiger partial charge in [-0.1, -0.05) is 36.4 Å². The molecule has 0 heterocycles. The number of hydrogen-bond donors (Lipinski definition) is 14. The van der Waals surface area contributed by atoms with Crippen LogP contribution in [-0.2, 0) is 43.2 Å². The van der Waals surface area contributed by atoms with E-state index in [1.54, 1.807) is 42.5 Å².